The Kier molecular flexibility index (Phi) is 4.98. The SMILES string of the molecule is C=CC(=O)OCC(Cl)CO. The Morgan fingerprint density at radius 2 is 2.50 bits per heavy atom. The summed E-state index contributed by atoms with van der Waals surface area (Å²) in [6, 6.07) is 0. The van der Waals surface area contributed by atoms with Gasteiger partial charge in [-0.1, -0.05) is 6.58 Å². The van der Waals surface area contributed by atoms with Gasteiger partial charge in [-0.05, 0) is 0 Å². The minimum Gasteiger partial charge on any atom is -0.461 e. The van der Waals surface area contributed by atoms with Crippen LogP contribution in [0, 0.1) is 0 Å². The minimum absolute atomic E-state index is 0.0168. The molecular formula is C6H9ClO3. The number of hydrogen-bond acceptors (Lipinski definition) is 3. The number of halogens is 1. The topological polar surface area (TPSA) is 46.5 Å². The van der Waals surface area contributed by atoms with E-state index in [-0.39, 0.29) is 13.2 Å². The predicted octanol–water partition coefficient (Wildman–Crippen LogP) is 0.315. The second kappa shape index (κ2) is 5.26. The van der Waals surface area contributed by atoms with Crippen LogP contribution in [0.2, 0.25) is 0 Å². The fraction of sp³-hybridized carbons (Fsp3) is 0.500. The third-order valence-corrected chi connectivity index (χ3v) is 1.04. The van der Waals surface area contributed by atoms with E-state index in [2.05, 4.69) is 11.3 Å². The van der Waals surface area contributed by atoms with Crippen molar-refractivity contribution in [3.8, 4) is 0 Å². The molecule has 0 aliphatic heterocycles. The molecule has 10 heavy (non-hydrogen) atoms. The summed E-state index contributed by atoms with van der Waals surface area (Å²) in [7, 11) is 0. The number of alkyl halides is 1. The molecule has 1 atom stereocenters. The highest BCUT2D eigenvalue weighted by Crippen LogP contribution is 1.94. The maximum absolute atomic E-state index is 10.4. The van der Waals surface area contributed by atoms with Crippen molar-refractivity contribution in [1.82, 2.24) is 0 Å². The molecule has 0 spiro atoms. The average molecular weight is 165 g/mol. The van der Waals surface area contributed by atoms with Crippen LogP contribution in [-0.4, -0.2) is 29.7 Å². The number of aliphatic hydroxyl groups is 1. The van der Waals surface area contributed by atoms with Crippen LogP contribution in [0.4, 0.5) is 0 Å². The predicted molar refractivity (Wildman–Crippen MR) is 37.9 cm³/mol. The van der Waals surface area contributed by atoms with Gasteiger partial charge in [-0.2, -0.15) is 0 Å². The van der Waals surface area contributed by atoms with Crippen LogP contribution in [-0.2, 0) is 9.53 Å². The Balaban J connectivity index is 3.34. The third kappa shape index (κ3) is 4.35. The summed E-state index contributed by atoms with van der Waals surface area (Å²) in [5, 5.41) is 7.85. The fourth-order valence-electron chi connectivity index (χ4n) is 0.284. The largest absolute Gasteiger partial charge is 0.461 e. The van der Waals surface area contributed by atoms with Crippen LogP contribution < -0.4 is 0 Å². The average Bonchev–Trinajstić information content (AvgIpc) is 1.99. The summed E-state index contributed by atoms with van der Waals surface area (Å²) in [6.45, 7) is 3.00. The first kappa shape index (κ1) is 9.46. The monoisotopic (exact) mass is 164 g/mol. The molecule has 0 aliphatic rings. The first-order chi connectivity index (χ1) is 4.70. The summed E-state index contributed by atoms with van der Waals surface area (Å²) in [5.41, 5.74) is 0. The Bertz CT molecular complexity index is 124. The number of esters is 1. The normalized spacial score (nSPS) is 12.2. The molecule has 0 amide bonds. The fourth-order valence-corrected chi connectivity index (χ4v) is 0.347. The second-order valence-corrected chi connectivity index (χ2v) is 2.23. The molecule has 0 fully saturated rings. The quantitative estimate of drug-likeness (QED) is 0.370. The lowest BCUT2D eigenvalue weighted by atomic mass is 10.5. The Morgan fingerprint density at radius 3 is 2.90 bits per heavy atom. The maximum atomic E-state index is 10.4. The molecule has 3 nitrogen and oxygen atoms in total. The van der Waals surface area contributed by atoms with E-state index < -0.39 is 11.3 Å². The Morgan fingerprint density at radius 1 is 1.90 bits per heavy atom. The highest BCUT2D eigenvalue weighted by atomic mass is 35.5. The highest BCUT2D eigenvalue weighted by Gasteiger charge is 2.03. The van der Waals surface area contributed by atoms with Gasteiger partial charge in [0.15, 0.2) is 0 Å². The van der Waals surface area contributed by atoms with Gasteiger partial charge in [0.1, 0.15) is 6.61 Å². The number of aliphatic hydroxyl groups excluding tert-OH is 1. The Labute approximate surface area is 64.2 Å². The molecule has 0 bridgehead atoms. The third-order valence-electron chi connectivity index (χ3n) is 0.771. The lowest BCUT2D eigenvalue weighted by molar-refractivity contribution is -0.137. The van der Waals surface area contributed by atoms with E-state index >= 15 is 0 Å². The van der Waals surface area contributed by atoms with Crippen molar-refractivity contribution in [3.63, 3.8) is 0 Å². The molecule has 0 saturated heterocycles. The van der Waals surface area contributed by atoms with Crippen molar-refractivity contribution < 1.29 is 14.6 Å². The van der Waals surface area contributed by atoms with Gasteiger partial charge in [-0.3, -0.25) is 0 Å². The zero-order valence-corrected chi connectivity index (χ0v) is 6.17. The van der Waals surface area contributed by atoms with E-state index in [9.17, 15) is 4.79 Å². The lowest BCUT2D eigenvalue weighted by Crippen LogP contribution is -2.15. The van der Waals surface area contributed by atoms with Crippen molar-refractivity contribution in [1.29, 1.82) is 0 Å². The molecular weight excluding hydrogens is 156 g/mol. The van der Waals surface area contributed by atoms with E-state index in [4.69, 9.17) is 16.7 Å². The smallest absolute Gasteiger partial charge is 0.330 e. The van der Waals surface area contributed by atoms with Crippen molar-refractivity contribution in [2.75, 3.05) is 13.2 Å². The highest BCUT2D eigenvalue weighted by molar-refractivity contribution is 6.20. The molecule has 0 heterocycles. The van der Waals surface area contributed by atoms with E-state index in [1.165, 1.54) is 0 Å². The number of carbonyl (C=O) groups excluding carboxylic acids is 1. The Hall–Kier alpha value is -0.540. The van der Waals surface area contributed by atoms with Gasteiger partial charge in [0.05, 0.1) is 12.0 Å². The minimum atomic E-state index is -0.529. The number of ether oxygens (including phenoxy) is 1. The van der Waals surface area contributed by atoms with Gasteiger partial charge in [0, 0.05) is 6.08 Å². The van der Waals surface area contributed by atoms with Crippen molar-refractivity contribution in [2.24, 2.45) is 0 Å². The van der Waals surface area contributed by atoms with E-state index in [1.54, 1.807) is 0 Å². The summed E-state index contributed by atoms with van der Waals surface area (Å²) in [4.78, 5) is 10.4. The number of rotatable bonds is 4. The van der Waals surface area contributed by atoms with Gasteiger partial charge < -0.3 is 9.84 Å². The molecule has 0 aliphatic carbocycles. The molecule has 0 saturated carbocycles. The summed E-state index contributed by atoms with van der Waals surface area (Å²) in [6.07, 6.45) is 1.04. The lowest BCUT2D eigenvalue weighted by Gasteiger charge is -2.04. The molecule has 0 aromatic heterocycles. The van der Waals surface area contributed by atoms with Gasteiger partial charge in [0.25, 0.3) is 0 Å². The van der Waals surface area contributed by atoms with Crippen molar-refractivity contribution in [3.05, 3.63) is 12.7 Å². The van der Waals surface area contributed by atoms with Gasteiger partial charge in [0.2, 0.25) is 0 Å². The van der Waals surface area contributed by atoms with E-state index in [0.717, 1.165) is 6.08 Å². The number of carbonyl (C=O) groups is 1. The molecule has 4 heteroatoms. The zero-order chi connectivity index (χ0) is 7.98. The van der Waals surface area contributed by atoms with Crippen molar-refractivity contribution >= 4 is 17.6 Å². The molecule has 0 rings (SSSR count). The molecule has 0 radical (unpaired) electrons. The first-order valence-corrected chi connectivity index (χ1v) is 3.18. The summed E-state index contributed by atoms with van der Waals surface area (Å²) in [5.74, 6) is -0.529. The van der Waals surface area contributed by atoms with E-state index in [0.29, 0.717) is 0 Å². The number of hydrogen-bond donors (Lipinski definition) is 1. The van der Waals surface area contributed by atoms with Gasteiger partial charge in [-0.25, -0.2) is 4.79 Å². The van der Waals surface area contributed by atoms with Crippen LogP contribution in [0.1, 0.15) is 0 Å². The molecule has 0 aromatic rings. The first-order valence-electron chi connectivity index (χ1n) is 2.74. The van der Waals surface area contributed by atoms with Crippen LogP contribution in [0.15, 0.2) is 12.7 Å². The van der Waals surface area contributed by atoms with Crippen LogP contribution >= 0.6 is 11.6 Å². The summed E-state index contributed by atoms with van der Waals surface area (Å²) >= 11 is 5.40. The van der Waals surface area contributed by atoms with Crippen molar-refractivity contribution in [2.45, 2.75) is 5.38 Å². The van der Waals surface area contributed by atoms with Gasteiger partial charge in [-0.15, -0.1) is 11.6 Å². The maximum Gasteiger partial charge on any atom is 0.330 e. The standard InChI is InChI=1S/C6H9ClO3/c1-2-6(9)10-4-5(7)3-8/h2,5,8H,1,3-4H2. The molecule has 58 valence electrons. The zero-order valence-electron chi connectivity index (χ0n) is 5.42. The van der Waals surface area contributed by atoms with Crippen LogP contribution in [0.5, 0.6) is 0 Å². The van der Waals surface area contributed by atoms with Gasteiger partial charge >= 0.3 is 5.97 Å². The summed E-state index contributed by atoms with van der Waals surface area (Å²) < 4.78 is 4.49. The molecule has 1 N–H and O–H groups in total. The second-order valence-electron chi connectivity index (χ2n) is 1.61. The van der Waals surface area contributed by atoms with E-state index in [1.807, 2.05) is 0 Å². The van der Waals surface area contributed by atoms with Crippen LogP contribution in [0.3, 0.4) is 0 Å². The molecule has 0 aromatic carbocycles. The van der Waals surface area contributed by atoms with Crippen LogP contribution in [0.25, 0.3) is 0 Å². The molecule has 1 unspecified atom stereocenters.